The zero-order chi connectivity index (χ0) is 44.5. The fraction of sp³-hybridized carbons (Fsp3) is 0.818. The first kappa shape index (κ1) is 58.8. The lowest BCUT2D eigenvalue weighted by Crippen LogP contribution is -2.46. The smallest absolute Gasteiger partial charge is 0.306 e. The van der Waals surface area contributed by atoms with Gasteiger partial charge in [-0.2, -0.15) is 0 Å². The summed E-state index contributed by atoms with van der Waals surface area (Å²) >= 11 is 0. The standard InChI is InChI=1S/C55H101NO5/c1-4-7-10-13-16-19-22-25-27-30-32-35-38-41-44-47-53(58)52(50-57)56-54(59)49-51(46-43-40-37-34-31-29-26-23-20-17-14-11-8-5-2)61-55(60)48-45-42-39-36-33-28-24-21-18-15-12-9-6-3/h9,12,15,18,21,24,29,31,51-53,57-58H,4-8,10-11,13-14,16-17,19-20,22-23,25-28,30,32-50H2,1-3H3,(H,56,59)/b12-9+,18-15+,24-21-,31-29+. The van der Waals surface area contributed by atoms with Crippen LogP contribution in [0.25, 0.3) is 0 Å². The molecule has 0 aliphatic carbocycles. The normalized spacial score (nSPS) is 13.6. The fourth-order valence-corrected chi connectivity index (χ4v) is 7.96. The van der Waals surface area contributed by atoms with Crippen LogP contribution < -0.4 is 5.32 Å². The van der Waals surface area contributed by atoms with E-state index in [9.17, 15) is 19.8 Å². The Hall–Kier alpha value is -2.18. The molecule has 0 radical (unpaired) electrons. The van der Waals surface area contributed by atoms with Crippen LogP contribution in [-0.2, 0) is 14.3 Å². The number of unbranched alkanes of at least 4 members (excludes halogenated alkanes) is 29. The topological polar surface area (TPSA) is 95.9 Å². The monoisotopic (exact) mass is 856 g/mol. The van der Waals surface area contributed by atoms with Crippen molar-refractivity contribution in [1.29, 1.82) is 0 Å². The summed E-state index contributed by atoms with van der Waals surface area (Å²) in [5, 5.41) is 23.8. The number of carbonyl (C=O) groups is 2. The molecule has 0 bridgehead atoms. The molecular formula is C55H101NO5. The third-order valence-corrected chi connectivity index (χ3v) is 12.0. The predicted octanol–water partition coefficient (Wildman–Crippen LogP) is 15.8. The fourth-order valence-electron chi connectivity index (χ4n) is 7.96. The van der Waals surface area contributed by atoms with E-state index < -0.39 is 18.2 Å². The lowest BCUT2D eigenvalue weighted by atomic mass is 10.0. The molecule has 0 aromatic heterocycles. The molecule has 0 aliphatic rings. The van der Waals surface area contributed by atoms with Crippen LogP contribution in [0.5, 0.6) is 0 Å². The summed E-state index contributed by atoms with van der Waals surface area (Å²) in [4.78, 5) is 26.1. The second-order valence-electron chi connectivity index (χ2n) is 18.0. The zero-order valence-electron chi connectivity index (χ0n) is 40.5. The average molecular weight is 856 g/mol. The molecule has 0 aliphatic heterocycles. The number of amides is 1. The van der Waals surface area contributed by atoms with Gasteiger partial charge in [0.1, 0.15) is 6.10 Å². The van der Waals surface area contributed by atoms with Crippen molar-refractivity contribution in [2.45, 2.75) is 283 Å². The number of nitrogens with one attached hydrogen (secondary N) is 1. The summed E-state index contributed by atoms with van der Waals surface area (Å²) in [7, 11) is 0. The summed E-state index contributed by atoms with van der Waals surface area (Å²) in [5.41, 5.74) is 0. The van der Waals surface area contributed by atoms with Crippen molar-refractivity contribution < 1.29 is 24.5 Å². The molecule has 1 amide bonds. The molecule has 0 saturated heterocycles. The van der Waals surface area contributed by atoms with Gasteiger partial charge in [-0.3, -0.25) is 9.59 Å². The molecule has 6 heteroatoms. The SMILES string of the molecule is CC/C=C/C=C/C=C\CCCCCCCC(=O)OC(CCCCC/C=C/CCCCCCCCC)CC(=O)NC(CO)C(O)CCCCCCCCCCCCCCCCC. The molecule has 0 heterocycles. The number of aliphatic hydroxyl groups is 2. The first-order chi connectivity index (χ1) is 30.0. The van der Waals surface area contributed by atoms with Gasteiger partial charge in [0.25, 0.3) is 0 Å². The van der Waals surface area contributed by atoms with Crippen molar-refractivity contribution in [3.63, 3.8) is 0 Å². The predicted molar refractivity (Wildman–Crippen MR) is 264 cm³/mol. The molecule has 3 atom stereocenters. The van der Waals surface area contributed by atoms with E-state index in [1.807, 2.05) is 0 Å². The third-order valence-electron chi connectivity index (χ3n) is 12.0. The van der Waals surface area contributed by atoms with Crippen molar-refractivity contribution in [3.8, 4) is 0 Å². The highest BCUT2D eigenvalue weighted by molar-refractivity contribution is 5.77. The second-order valence-corrected chi connectivity index (χ2v) is 18.0. The van der Waals surface area contributed by atoms with Crippen LogP contribution in [-0.4, -0.2) is 46.9 Å². The lowest BCUT2D eigenvalue weighted by Gasteiger charge is -2.24. The molecule has 0 fully saturated rings. The molecule has 0 spiro atoms. The van der Waals surface area contributed by atoms with Crippen molar-refractivity contribution in [3.05, 3.63) is 48.6 Å². The summed E-state index contributed by atoms with van der Waals surface area (Å²) in [6.45, 7) is 6.35. The maximum Gasteiger partial charge on any atom is 0.306 e. The number of esters is 1. The van der Waals surface area contributed by atoms with E-state index in [0.717, 1.165) is 96.3 Å². The molecule has 3 unspecified atom stereocenters. The van der Waals surface area contributed by atoms with Crippen LogP contribution in [0, 0.1) is 0 Å². The van der Waals surface area contributed by atoms with E-state index in [2.05, 4.69) is 74.7 Å². The van der Waals surface area contributed by atoms with Crippen LogP contribution in [0.4, 0.5) is 0 Å². The van der Waals surface area contributed by atoms with Gasteiger partial charge >= 0.3 is 5.97 Å². The van der Waals surface area contributed by atoms with E-state index in [-0.39, 0.29) is 24.9 Å². The molecule has 6 nitrogen and oxygen atoms in total. The van der Waals surface area contributed by atoms with Crippen molar-refractivity contribution in [2.75, 3.05) is 6.61 Å². The Bertz CT molecular complexity index is 1050. The lowest BCUT2D eigenvalue weighted by molar-refractivity contribution is -0.151. The second kappa shape index (κ2) is 48.8. The zero-order valence-corrected chi connectivity index (χ0v) is 40.5. The van der Waals surface area contributed by atoms with E-state index >= 15 is 0 Å². The first-order valence-corrected chi connectivity index (χ1v) is 26.4. The number of rotatable bonds is 47. The Morgan fingerprint density at radius 1 is 0.492 bits per heavy atom. The summed E-state index contributed by atoms with van der Waals surface area (Å²) in [6, 6.07) is -0.710. The van der Waals surface area contributed by atoms with E-state index in [4.69, 9.17) is 4.74 Å². The van der Waals surface area contributed by atoms with Gasteiger partial charge in [0.2, 0.25) is 5.91 Å². The minimum absolute atomic E-state index is 0.0594. The van der Waals surface area contributed by atoms with Crippen LogP contribution >= 0.6 is 0 Å². The Morgan fingerprint density at radius 3 is 1.39 bits per heavy atom. The molecule has 0 rings (SSSR count). The summed E-state index contributed by atoms with van der Waals surface area (Å²) in [5.74, 6) is -0.507. The quantitative estimate of drug-likeness (QED) is 0.0245. The third kappa shape index (κ3) is 44.2. The van der Waals surface area contributed by atoms with Gasteiger partial charge in [-0.15, -0.1) is 0 Å². The van der Waals surface area contributed by atoms with Gasteiger partial charge in [0.05, 0.1) is 25.2 Å². The summed E-state index contributed by atoms with van der Waals surface area (Å²) < 4.78 is 5.92. The van der Waals surface area contributed by atoms with Crippen molar-refractivity contribution in [1.82, 2.24) is 5.32 Å². The van der Waals surface area contributed by atoms with Crippen LogP contribution in [0.2, 0.25) is 0 Å². The first-order valence-electron chi connectivity index (χ1n) is 26.4. The minimum Gasteiger partial charge on any atom is -0.462 e. The Labute approximate surface area is 378 Å². The molecule has 3 N–H and O–H groups in total. The Morgan fingerprint density at radius 2 is 0.902 bits per heavy atom. The molecular weight excluding hydrogens is 755 g/mol. The van der Waals surface area contributed by atoms with Crippen LogP contribution in [0.1, 0.15) is 265 Å². The number of hydrogen-bond donors (Lipinski definition) is 3. The van der Waals surface area contributed by atoms with E-state index in [1.165, 1.54) is 122 Å². The molecule has 61 heavy (non-hydrogen) atoms. The number of hydrogen-bond acceptors (Lipinski definition) is 5. The van der Waals surface area contributed by atoms with Gasteiger partial charge < -0.3 is 20.3 Å². The molecule has 0 aromatic rings. The number of aliphatic hydroxyl groups excluding tert-OH is 2. The average Bonchev–Trinajstić information content (AvgIpc) is 3.25. The van der Waals surface area contributed by atoms with Gasteiger partial charge in [0.15, 0.2) is 0 Å². The van der Waals surface area contributed by atoms with Crippen LogP contribution in [0.15, 0.2) is 48.6 Å². The number of carbonyl (C=O) groups excluding carboxylic acids is 2. The number of ether oxygens (including phenoxy) is 1. The van der Waals surface area contributed by atoms with Gasteiger partial charge in [-0.25, -0.2) is 0 Å². The highest BCUT2D eigenvalue weighted by Gasteiger charge is 2.24. The van der Waals surface area contributed by atoms with Crippen molar-refractivity contribution >= 4 is 11.9 Å². The maximum atomic E-state index is 13.2. The molecule has 356 valence electrons. The highest BCUT2D eigenvalue weighted by Crippen LogP contribution is 2.18. The Balaban J connectivity index is 4.59. The summed E-state index contributed by atoms with van der Waals surface area (Å²) in [6.07, 6.45) is 58.8. The largest absolute Gasteiger partial charge is 0.462 e. The highest BCUT2D eigenvalue weighted by atomic mass is 16.5. The minimum atomic E-state index is -0.795. The van der Waals surface area contributed by atoms with Crippen LogP contribution in [0.3, 0.4) is 0 Å². The number of allylic oxidation sites excluding steroid dienone is 8. The Kier molecular flexibility index (Phi) is 47.1. The van der Waals surface area contributed by atoms with Crippen molar-refractivity contribution in [2.24, 2.45) is 0 Å². The molecule has 0 saturated carbocycles. The van der Waals surface area contributed by atoms with E-state index in [0.29, 0.717) is 19.3 Å². The molecule has 0 aromatic carbocycles. The van der Waals surface area contributed by atoms with E-state index in [1.54, 1.807) is 0 Å². The van der Waals surface area contributed by atoms with Gasteiger partial charge in [-0.1, -0.05) is 230 Å². The maximum absolute atomic E-state index is 13.2. The van der Waals surface area contributed by atoms with Gasteiger partial charge in [0, 0.05) is 6.42 Å². The van der Waals surface area contributed by atoms with Gasteiger partial charge in [-0.05, 0) is 70.6 Å².